The first-order chi connectivity index (χ1) is 13.5. The van der Waals surface area contributed by atoms with Gasteiger partial charge >= 0.3 is 0 Å². The van der Waals surface area contributed by atoms with Crippen LogP contribution >= 0.6 is 34.8 Å². The van der Waals surface area contributed by atoms with Crippen LogP contribution < -0.4 is 5.32 Å². The van der Waals surface area contributed by atoms with Crippen molar-refractivity contribution in [3.8, 4) is 0 Å². The summed E-state index contributed by atoms with van der Waals surface area (Å²) in [6.07, 6.45) is 2.83. The van der Waals surface area contributed by atoms with Crippen LogP contribution in [0.25, 0.3) is 6.08 Å². The molecule has 1 N–H and O–H groups in total. The van der Waals surface area contributed by atoms with Gasteiger partial charge in [0.2, 0.25) is 5.91 Å². The summed E-state index contributed by atoms with van der Waals surface area (Å²) < 4.78 is 0. The van der Waals surface area contributed by atoms with Gasteiger partial charge in [-0.3, -0.25) is 9.59 Å². The molecule has 0 radical (unpaired) electrons. The molecule has 0 atom stereocenters. The molecule has 0 fully saturated rings. The number of nitrogens with one attached hydrogen (secondary N) is 1. The predicted octanol–water partition coefficient (Wildman–Crippen LogP) is 6.53. The van der Waals surface area contributed by atoms with Crippen LogP contribution in [0.3, 0.4) is 0 Å². The van der Waals surface area contributed by atoms with E-state index in [1.807, 2.05) is 6.07 Å². The summed E-state index contributed by atoms with van der Waals surface area (Å²) in [7, 11) is 0. The summed E-state index contributed by atoms with van der Waals surface area (Å²) >= 11 is 18.2. The van der Waals surface area contributed by atoms with Crippen molar-refractivity contribution in [2.24, 2.45) is 0 Å². The first-order valence-corrected chi connectivity index (χ1v) is 9.41. The lowest BCUT2D eigenvalue weighted by molar-refractivity contribution is -0.111. The zero-order valence-corrected chi connectivity index (χ0v) is 16.7. The van der Waals surface area contributed by atoms with E-state index in [0.717, 1.165) is 0 Å². The standard InChI is InChI=1S/C22H14Cl3NO2/c23-15-9-11-20(17(13-15)22(28)14-5-2-1-3-6-14)26-21(27)12-10-16-18(24)7-4-8-19(16)25/h1-13H,(H,26,27)/b12-10+. The molecule has 0 aliphatic heterocycles. The fourth-order valence-corrected chi connectivity index (χ4v) is 3.26. The molecule has 0 spiro atoms. The Morgan fingerprint density at radius 3 is 2.18 bits per heavy atom. The smallest absolute Gasteiger partial charge is 0.248 e. The minimum absolute atomic E-state index is 0.239. The lowest BCUT2D eigenvalue weighted by atomic mass is 10.0. The summed E-state index contributed by atoms with van der Waals surface area (Å²) in [6.45, 7) is 0. The number of anilines is 1. The third kappa shape index (κ3) is 4.82. The molecular formula is C22H14Cl3NO2. The zero-order chi connectivity index (χ0) is 20.1. The van der Waals surface area contributed by atoms with Crippen molar-refractivity contribution in [2.45, 2.75) is 0 Å². The number of hydrogen-bond acceptors (Lipinski definition) is 2. The van der Waals surface area contributed by atoms with Crippen LogP contribution in [0.4, 0.5) is 5.69 Å². The summed E-state index contributed by atoms with van der Waals surface area (Å²) in [5.41, 5.74) is 1.70. The van der Waals surface area contributed by atoms with E-state index in [9.17, 15) is 9.59 Å². The molecule has 0 saturated heterocycles. The maximum Gasteiger partial charge on any atom is 0.248 e. The van der Waals surface area contributed by atoms with E-state index in [1.165, 1.54) is 18.2 Å². The first kappa shape index (κ1) is 20.2. The second-order valence-corrected chi connectivity index (χ2v) is 7.09. The van der Waals surface area contributed by atoms with Crippen LogP contribution in [-0.2, 0) is 4.79 Å². The van der Waals surface area contributed by atoms with Gasteiger partial charge in [-0.15, -0.1) is 0 Å². The average molecular weight is 431 g/mol. The number of rotatable bonds is 5. The van der Waals surface area contributed by atoms with Gasteiger partial charge in [0.15, 0.2) is 5.78 Å². The Morgan fingerprint density at radius 2 is 1.50 bits per heavy atom. The molecule has 0 bridgehead atoms. The van der Waals surface area contributed by atoms with Crippen LogP contribution in [0.2, 0.25) is 15.1 Å². The quantitative estimate of drug-likeness (QED) is 0.369. The van der Waals surface area contributed by atoms with Crippen molar-refractivity contribution in [2.75, 3.05) is 5.32 Å². The largest absolute Gasteiger partial charge is 0.322 e. The Hall–Kier alpha value is -2.59. The molecule has 140 valence electrons. The molecule has 3 aromatic carbocycles. The van der Waals surface area contributed by atoms with Crippen molar-refractivity contribution < 1.29 is 9.59 Å². The summed E-state index contributed by atoms with van der Waals surface area (Å²) in [6, 6.07) is 18.6. The predicted molar refractivity (Wildman–Crippen MR) is 115 cm³/mol. The number of carbonyl (C=O) groups excluding carboxylic acids is 2. The second kappa shape index (κ2) is 9.07. The fourth-order valence-electron chi connectivity index (χ4n) is 2.56. The summed E-state index contributed by atoms with van der Waals surface area (Å²) in [5.74, 6) is -0.669. The van der Waals surface area contributed by atoms with Gasteiger partial charge in [-0.1, -0.05) is 71.2 Å². The first-order valence-electron chi connectivity index (χ1n) is 8.28. The summed E-state index contributed by atoms with van der Waals surface area (Å²) in [4.78, 5) is 25.2. The minimum atomic E-state index is -0.430. The highest BCUT2D eigenvalue weighted by atomic mass is 35.5. The fraction of sp³-hybridized carbons (Fsp3) is 0. The number of hydrogen-bond donors (Lipinski definition) is 1. The van der Waals surface area contributed by atoms with Gasteiger partial charge < -0.3 is 5.32 Å². The SMILES string of the molecule is O=C(/C=C/c1c(Cl)cccc1Cl)Nc1ccc(Cl)cc1C(=O)c1ccccc1. The van der Waals surface area contributed by atoms with Crippen LogP contribution in [0, 0.1) is 0 Å². The topological polar surface area (TPSA) is 46.2 Å². The van der Waals surface area contributed by atoms with E-state index < -0.39 is 5.91 Å². The minimum Gasteiger partial charge on any atom is -0.322 e. The summed E-state index contributed by atoms with van der Waals surface area (Å²) in [5, 5.41) is 3.97. The maximum absolute atomic E-state index is 12.8. The third-order valence-corrected chi connectivity index (χ3v) is 4.82. The molecule has 0 aromatic heterocycles. The highest BCUT2D eigenvalue weighted by molar-refractivity contribution is 6.37. The van der Waals surface area contributed by atoms with Gasteiger partial charge in [0.1, 0.15) is 0 Å². The Bertz CT molecular complexity index is 1040. The monoisotopic (exact) mass is 429 g/mol. The molecule has 3 nitrogen and oxygen atoms in total. The Balaban J connectivity index is 1.85. The van der Waals surface area contributed by atoms with Crippen LogP contribution in [-0.4, -0.2) is 11.7 Å². The van der Waals surface area contributed by atoms with Gasteiger partial charge in [0.05, 0.1) is 5.69 Å². The van der Waals surface area contributed by atoms with Gasteiger partial charge in [-0.25, -0.2) is 0 Å². The van der Waals surface area contributed by atoms with E-state index in [2.05, 4.69) is 5.32 Å². The van der Waals surface area contributed by atoms with Gasteiger partial charge in [0, 0.05) is 37.8 Å². The molecule has 0 heterocycles. The number of halogens is 3. The van der Waals surface area contributed by atoms with Crippen LogP contribution in [0.1, 0.15) is 21.5 Å². The average Bonchev–Trinajstić information content (AvgIpc) is 2.69. The van der Waals surface area contributed by atoms with E-state index in [0.29, 0.717) is 37.4 Å². The molecule has 6 heteroatoms. The number of amides is 1. The second-order valence-electron chi connectivity index (χ2n) is 5.84. The van der Waals surface area contributed by atoms with Gasteiger partial charge in [-0.2, -0.15) is 0 Å². The zero-order valence-electron chi connectivity index (χ0n) is 14.5. The lowest BCUT2D eigenvalue weighted by Crippen LogP contribution is -2.12. The van der Waals surface area contributed by atoms with E-state index >= 15 is 0 Å². The Morgan fingerprint density at radius 1 is 0.821 bits per heavy atom. The van der Waals surface area contributed by atoms with Gasteiger partial charge in [0.25, 0.3) is 0 Å². The number of benzene rings is 3. The molecule has 1 amide bonds. The molecule has 0 unspecified atom stereocenters. The Kier molecular flexibility index (Phi) is 6.53. The number of carbonyl (C=O) groups is 2. The van der Waals surface area contributed by atoms with Gasteiger partial charge in [-0.05, 0) is 36.4 Å². The molecule has 0 saturated carbocycles. The van der Waals surface area contributed by atoms with Crippen molar-refractivity contribution in [3.63, 3.8) is 0 Å². The van der Waals surface area contributed by atoms with E-state index in [1.54, 1.807) is 54.6 Å². The molecule has 3 aromatic rings. The number of ketones is 1. The van der Waals surface area contributed by atoms with Crippen molar-refractivity contribution in [3.05, 3.63) is 105 Å². The molecule has 0 aliphatic rings. The molecule has 0 aliphatic carbocycles. The van der Waals surface area contributed by atoms with E-state index in [4.69, 9.17) is 34.8 Å². The van der Waals surface area contributed by atoms with Crippen molar-refractivity contribution in [1.29, 1.82) is 0 Å². The van der Waals surface area contributed by atoms with Crippen LogP contribution in [0.5, 0.6) is 0 Å². The molecular weight excluding hydrogens is 417 g/mol. The van der Waals surface area contributed by atoms with Crippen molar-refractivity contribution in [1.82, 2.24) is 0 Å². The lowest BCUT2D eigenvalue weighted by Gasteiger charge is -2.10. The Labute approximate surface area is 177 Å². The highest BCUT2D eigenvalue weighted by Crippen LogP contribution is 2.26. The van der Waals surface area contributed by atoms with Crippen LogP contribution in [0.15, 0.2) is 72.8 Å². The maximum atomic E-state index is 12.8. The van der Waals surface area contributed by atoms with Crippen molar-refractivity contribution >= 4 is 58.3 Å². The van der Waals surface area contributed by atoms with E-state index in [-0.39, 0.29) is 5.78 Å². The highest BCUT2D eigenvalue weighted by Gasteiger charge is 2.15. The normalized spacial score (nSPS) is 10.8. The molecule has 28 heavy (non-hydrogen) atoms. The third-order valence-electron chi connectivity index (χ3n) is 3.92. The molecule has 3 rings (SSSR count).